The second kappa shape index (κ2) is 5.89. The van der Waals surface area contributed by atoms with E-state index >= 15 is 0 Å². The topological polar surface area (TPSA) is 44.7 Å². The minimum absolute atomic E-state index is 0.218. The molecule has 2 rings (SSSR count). The first-order valence-corrected chi connectivity index (χ1v) is 6.17. The van der Waals surface area contributed by atoms with Crippen LogP contribution in [0.4, 0.5) is 0 Å². The molecule has 0 aliphatic carbocycles. The number of benzene rings is 1. The Labute approximate surface area is 102 Å². The van der Waals surface area contributed by atoms with Crippen LogP contribution >= 0.6 is 0 Å². The molecule has 4 nitrogen and oxygen atoms in total. The second-order valence-electron chi connectivity index (χ2n) is 4.26. The SMILES string of the molecule is CCOc1cc(CN2CCNCC2)ccc1O. The van der Waals surface area contributed by atoms with Gasteiger partial charge in [0, 0.05) is 32.7 Å². The third-order valence-corrected chi connectivity index (χ3v) is 2.94. The molecule has 0 amide bonds. The highest BCUT2D eigenvalue weighted by molar-refractivity contribution is 5.41. The van der Waals surface area contributed by atoms with Crippen molar-refractivity contribution in [1.29, 1.82) is 0 Å². The summed E-state index contributed by atoms with van der Waals surface area (Å²) in [4.78, 5) is 2.40. The van der Waals surface area contributed by atoms with E-state index in [-0.39, 0.29) is 5.75 Å². The Morgan fingerprint density at radius 1 is 1.35 bits per heavy atom. The Kier molecular flexibility index (Phi) is 4.23. The minimum Gasteiger partial charge on any atom is -0.504 e. The van der Waals surface area contributed by atoms with E-state index in [1.54, 1.807) is 6.07 Å². The van der Waals surface area contributed by atoms with Crippen LogP contribution in [0.15, 0.2) is 18.2 Å². The van der Waals surface area contributed by atoms with E-state index in [1.165, 1.54) is 5.56 Å². The maximum Gasteiger partial charge on any atom is 0.161 e. The van der Waals surface area contributed by atoms with Gasteiger partial charge in [0.05, 0.1) is 6.61 Å². The molecular formula is C13H20N2O2. The number of rotatable bonds is 4. The largest absolute Gasteiger partial charge is 0.504 e. The predicted molar refractivity (Wildman–Crippen MR) is 67.4 cm³/mol. The summed E-state index contributed by atoms with van der Waals surface area (Å²) in [7, 11) is 0. The van der Waals surface area contributed by atoms with Crippen LogP contribution in [0, 0.1) is 0 Å². The monoisotopic (exact) mass is 236 g/mol. The van der Waals surface area contributed by atoms with Crippen molar-refractivity contribution in [1.82, 2.24) is 10.2 Å². The molecular weight excluding hydrogens is 216 g/mol. The Morgan fingerprint density at radius 3 is 2.82 bits per heavy atom. The molecule has 2 N–H and O–H groups in total. The molecule has 1 aliphatic heterocycles. The first-order valence-electron chi connectivity index (χ1n) is 6.17. The van der Waals surface area contributed by atoms with Crippen molar-refractivity contribution in [2.24, 2.45) is 0 Å². The summed E-state index contributed by atoms with van der Waals surface area (Å²) in [5.41, 5.74) is 1.19. The van der Waals surface area contributed by atoms with Crippen molar-refractivity contribution in [2.45, 2.75) is 13.5 Å². The Balaban J connectivity index is 2.02. The van der Waals surface area contributed by atoms with Gasteiger partial charge in [0.2, 0.25) is 0 Å². The number of ether oxygens (including phenoxy) is 1. The van der Waals surface area contributed by atoms with E-state index in [4.69, 9.17) is 4.74 Å². The van der Waals surface area contributed by atoms with Crippen LogP contribution < -0.4 is 10.1 Å². The molecule has 0 spiro atoms. The van der Waals surface area contributed by atoms with Gasteiger partial charge in [-0.1, -0.05) is 6.07 Å². The molecule has 1 fully saturated rings. The molecule has 0 unspecified atom stereocenters. The standard InChI is InChI=1S/C13H20N2O2/c1-2-17-13-9-11(3-4-12(13)16)10-15-7-5-14-6-8-15/h3-4,9,14,16H,2,5-8,10H2,1H3. The van der Waals surface area contributed by atoms with Crippen molar-refractivity contribution in [3.63, 3.8) is 0 Å². The Hall–Kier alpha value is -1.26. The van der Waals surface area contributed by atoms with Crippen molar-refractivity contribution in [3.05, 3.63) is 23.8 Å². The van der Waals surface area contributed by atoms with Crippen molar-refractivity contribution in [2.75, 3.05) is 32.8 Å². The Morgan fingerprint density at radius 2 is 2.12 bits per heavy atom. The van der Waals surface area contributed by atoms with E-state index in [9.17, 15) is 5.11 Å². The molecule has 4 heteroatoms. The number of hydrogen-bond donors (Lipinski definition) is 2. The number of phenols is 1. The smallest absolute Gasteiger partial charge is 0.161 e. The fourth-order valence-corrected chi connectivity index (χ4v) is 2.06. The number of nitrogens with zero attached hydrogens (tertiary/aromatic N) is 1. The maximum atomic E-state index is 9.62. The van der Waals surface area contributed by atoms with Gasteiger partial charge in [-0.2, -0.15) is 0 Å². The maximum absolute atomic E-state index is 9.62. The summed E-state index contributed by atoms with van der Waals surface area (Å²) in [6, 6.07) is 5.60. The molecule has 0 bridgehead atoms. The molecule has 1 aromatic rings. The molecule has 1 aliphatic rings. The van der Waals surface area contributed by atoms with E-state index in [2.05, 4.69) is 10.2 Å². The summed E-state index contributed by atoms with van der Waals surface area (Å²) in [5, 5.41) is 13.0. The van der Waals surface area contributed by atoms with E-state index in [0.717, 1.165) is 32.7 Å². The van der Waals surface area contributed by atoms with Gasteiger partial charge < -0.3 is 15.2 Å². The molecule has 0 radical (unpaired) electrons. The molecule has 1 saturated heterocycles. The lowest BCUT2D eigenvalue weighted by atomic mass is 10.2. The number of nitrogens with one attached hydrogen (secondary N) is 1. The van der Waals surface area contributed by atoms with Crippen LogP contribution in [0.3, 0.4) is 0 Å². The van der Waals surface area contributed by atoms with Crippen LogP contribution in [0.5, 0.6) is 11.5 Å². The molecule has 1 heterocycles. The average Bonchev–Trinajstić information content (AvgIpc) is 2.35. The van der Waals surface area contributed by atoms with Gasteiger partial charge in [-0.3, -0.25) is 4.90 Å². The summed E-state index contributed by atoms with van der Waals surface area (Å²) >= 11 is 0. The quantitative estimate of drug-likeness (QED) is 0.824. The summed E-state index contributed by atoms with van der Waals surface area (Å²) in [5.74, 6) is 0.802. The van der Waals surface area contributed by atoms with Gasteiger partial charge in [-0.05, 0) is 24.6 Å². The van der Waals surface area contributed by atoms with Gasteiger partial charge in [0.1, 0.15) is 0 Å². The zero-order chi connectivity index (χ0) is 12.1. The lowest BCUT2D eigenvalue weighted by molar-refractivity contribution is 0.232. The molecule has 17 heavy (non-hydrogen) atoms. The van der Waals surface area contributed by atoms with Crippen molar-refractivity contribution in [3.8, 4) is 11.5 Å². The van der Waals surface area contributed by atoms with Crippen molar-refractivity contribution >= 4 is 0 Å². The molecule has 94 valence electrons. The number of phenolic OH excluding ortho intramolecular Hbond substituents is 1. The highest BCUT2D eigenvalue weighted by Gasteiger charge is 2.11. The molecule has 0 saturated carbocycles. The first-order chi connectivity index (χ1) is 8.29. The van der Waals surface area contributed by atoms with Gasteiger partial charge in [-0.15, -0.1) is 0 Å². The lowest BCUT2D eigenvalue weighted by Crippen LogP contribution is -2.42. The van der Waals surface area contributed by atoms with Gasteiger partial charge in [-0.25, -0.2) is 0 Å². The third-order valence-electron chi connectivity index (χ3n) is 2.94. The van der Waals surface area contributed by atoms with Crippen LogP contribution in [0.2, 0.25) is 0 Å². The fraction of sp³-hybridized carbons (Fsp3) is 0.538. The zero-order valence-corrected chi connectivity index (χ0v) is 10.3. The summed E-state index contributed by atoms with van der Waals surface area (Å²) in [6.45, 7) is 7.66. The van der Waals surface area contributed by atoms with Gasteiger partial charge in [0.25, 0.3) is 0 Å². The lowest BCUT2D eigenvalue weighted by Gasteiger charge is -2.27. The molecule has 1 aromatic carbocycles. The predicted octanol–water partition coefficient (Wildman–Crippen LogP) is 1.20. The fourth-order valence-electron chi connectivity index (χ4n) is 2.06. The minimum atomic E-state index is 0.218. The van der Waals surface area contributed by atoms with Crippen molar-refractivity contribution < 1.29 is 9.84 Å². The van der Waals surface area contributed by atoms with E-state index < -0.39 is 0 Å². The number of hydrogen-bond acceptors (Lipinski definition) is 4. The zero-order valence-electron chi connectivity index (χ0n) is 10.3. The molecule has 0 atom stereocenters. The van der Waals surface area contributed by atoms with E-state index in [0.29, 0.717) is 12.4 Å². The molecule has 0 aromatic heterocycles. The summed E-state index contributed by atoms with van der Waals surface area (Å²) in [6.07, 6.45) is 0. The first kappa shape index (κ1) is 12.2. The highest BCUT2D eigenvalue weighted by Crippen LogP contribution is 2.27. The van der Waals surface area contributed by atoms with Gasteiger partial charge >= 0.3 is 0 Å². The van der Waals surface area contributed by atoms with Crippen LogP contribution in [0.25, 0.3) is 0 Å². The van der Waals surface area contributed by atoms with Crippen LogP contribution in [-0.4, -0.2) is 42.8 Å². The normalized spacial score (nSPS) is 17.0. The Bertz CT molecular complexity index is 362. The number of aromatic hydroxyl groups is 1. The number of piperazine rings is 1. The van der Waals surface area contributed by atoms with Crippen LogP contribution in [-0.2, 0) is 6.54 Å². The second-order valence-corrected chi connectivity index (χ2v) is 4.26. The van der Waals surface area contributed by atoms with Gasteiger partial charge in [0.15, 0.2) is 11.5 Å². The third kappa shape index (κ3) is 3.35. The average molecular weight is 236 g/mol. The summed E-state index contributed by atoms with van der Waals surface area (Å²) < 4.78 is 5.39. The van der Waals surface area contributed by atoms with E-state index in [1.807, 2.05) is 19.1 Å². The highest BCUT2D eigenvalue weighted by atomic mass is 16.5. The van der Waals surface area contributed by atoms with Crippen LogP contribution in [0.1, 0.15) is 12.5 Å².